The molecule has 0 radical (unpaired) electrons. The predicted molar refractivity (Wildman–Crippen MR) is 89.9 cm³/mol. The first-order valence-electron chi connectivity index (χ1n) is 7.75. The number of carbonyl (C=O) groups excluding carboxylic acids is 3. The number of ether oxygens (including phenoxy) is 1. The van der Waals surface area contributed by atoms with Crippen molar-refractivity contribution in [1.29, 1.82) is 0 Å². The summed E-state index contributed by atoms with van der Waals surface area (Å²) in [6.07, 6.45) is 9.23. The van der Waals surface area contributed by atoms with Crippen molar-refractivity contribution in [2.24, 2.45) is 0 Å². The number of rotatable bonds is 12. The molecule has 1 atom stereocenters. The molecule has 0 aliphatic heterocycles. The van der Waals surface area contributed by atoms with Crippen molar-refractivity contribution in [3.05, 3.63) is 12.2 Å². The minimum Gasteiger partial charge on any atom is -0.468 e. The lowest BCUT2D eigenvalue weighted by Gasteiger charge is -2.05. The third-order valence-electron chi connectivity index (χ3n) is 3.12. The Morgan fingerprint density at radius 1 is 1.09 bits per heavy atom. The zero-order valence-electron chi connectivity index (χ0n) is 13.5. The van der Waals surface area contributed by atoms with Crippen molar-refractivity contribution in [2.45, 2.75) is 57.1 Å². The van der Waals surface area contributed by atoms with Crippen LogP contribution in [0.5, 0.6) is 0 Å². The maximum Gasteiger partial charge on any atom is 0.318 e. The van der Waals surface area contributed by atoms with E-state index in [4.69, 9.17) is 0 Å². The van der Waals surface area contributed by atoms with Crippen LogP contribution in [0.4, 0.5) is 0 Å². The molecule has 0 heterocycles. The summed E-state index contributed by atoms with van der Waals surface area (Å²) < 4.78 is 4.47. The molecule has 0 aliphatic rings. The molecule has 1 amide bonds. The summed E-state index contributed by atoms with van der Waals surface area (Å²) in [6.45, 7) is 2.79. The summed E-state index contributed by atoms with van der Waals surface area (Å²) in [7, 11) is 1.24. The fourth-order valence-corrected chi connectivity index (χ4v) is 2.11. The zero-order chi connectivity index (χ0) is 16.8. The molecule has 126 valence electrons. The number of unbranched alkanes of at least 4 members (excludes halogenated alkanes) is 5. The van der Waals surface area contributed by atoms with Crippen molar-refractivity contribution in [3.8, 4) is 0 Å². The van der Waals surface area contributed by atoms with Gasteiger partial charge in [-0.1, -0.05) is 39.0 Å². The minimum atomic E-state index is -0.798. The average molecular weight is 329 g/mol. The van der Waals surface area contributed by atoms with Crippen LogP contribution in [0.25, 0.3) is 0 Å². The number of nitrogens with one attached hydrogen (secondary N) is 1. The first kappa shape index (κ1) is 20.7. The molecule has 0 aromatic rings. The predicted octanol–water partition coefficient (Wildman–Crippen LogP) is 2.45. The molecule has 0 bridgehead atoms. The van der Waals surface area contributed by atoms with Crippen LogP contribution in [0.15, 0.2) is 12.2 Å². The molecule has 0 fully saturated rings. The summed E-state index contributed by atoms with van der Waals surface area (Å²) in [5, 5.41) is 1.93. The Hall–Kier alpha value is -1.30. The molecule has 0 aromatic carbocycles. The van der Waals surface area contributed by atoms with Gasteiger partial charge in [-0.15, -0.1) is 0 Å². The largest absolute Gasteiger partial charge is 0.468 e. The lowest BCUT2D eigenvalue weighted by Crippen LogP contribution is -2.23. The van der Waals surface area contributed by atoms with E-state index in [1.165, 1.54) is 44.9 Å². The minimum absolute atomic E-state index is 0.0863. The van der Waals surface area contributed by atoms with Crippen LogP contribution in [0, 0.1) is 0 Å². The summed E-state index contributed by atoms with van der Waals surface area (Å²) in [6, 6.07) is 0. The van der Waals surface area contributed by atoms with Gasteiger partial charge < -0.3 is 10.1 Å². The van der Waals surface area contributed by atoms with Gasteiger partial charge >= 0.3 is 5.97 Å². The Kier molecular flexibility index (Phi) is 12.6. The molecule has 0 aromatic heterocycles. The van der Waals surface area contributed by atoms with Gasteiger partial charge in [-0.3, -0.25) is 14.4 Å². The van der Waals surface area contributed by atoms with E-state index in [1.54, 1.807) is 0 Å². The first-order valence-corrected chi connectivity index (χ1v) is 8.27. The van der Waals surface area contributed by atoms with Gasteiger partial charge in [-0.2, -0.15) is 12.6 Å². The molecule has 6 heteroatoms. The first-order chi connectivity index (χ1) is 10.5. The average Bonchev–Trinajstić information content (AvgIpc) is 2.51. The SMILES string of the molecule is CCCCCCCCNC(=O)C=CC(=O)CC(S)C(=O)OC. The molecular formula is C16H27NO4S. The summed E-state index contributed by atoms with van der Waals surface area (Å²) in [5.74, 6) is -1.19. The van der Waals surface area contributed by atoms with E-state index >= 15 is 0 Å². The third-order valence-corrected chi connectivity index (χ3v) is 3.51. The zero-order valence-corrected chi connectivity index (χ0v) is 14.4. The van der Waals surface area contributed by atoms with Gasteiger partial charge in [0.1, 0.15) is 5.25 Å². The van der Waals surface area contributed by atoms with Crippen LogP contribution >= 0.6 is 12.6 Å². The Morgan fingerprint density at radius 2 is 1.73 bits per heavy atom. The maximum absolute atomic E-state index is 11.5. The molecular weight excluding hydrogens is 302 g/mol. The van der Waals surface area contributed by atoms with Gasteiger partial charge in [-0.05, 0) is 12.5 Å². The van der Waals surface area contributed by atoms with E-state index in [0.717, 1.165) is 12.8 Å². The van der Waals surface area contributed by atoms with Crippen LogP contribution < -0.4 is 5.32 Å². The molecule has 22 heavy (non-hydrogen) atoms. The molecule has 0 rings (SSSR count). The number of allylic oxidation sites excluding steroid dienone is 1. The van der Waals surface area contributed by atoms with Crippen molar-refractivity contribution < 1.29 is 19.1 Å². The van der Waals surface area contributed by atoms with Crippen LogP contribution in [0.3, 0.4) is 0 Å². The standard InChI is InChI=1S/C16H27NO4S/c1-3-4-5-6-7-8-11-17-15(19)10-9-13(18)12-14(22)16(20)21-2/h9-10,14,22H,3-8,11-12H2,1-2H3,(H,17,19). The van der Waals surface area contributed by atoms with Crippen molar-refractivity contribution in [1.82, 2.24) is 5.32 Å². The van der Waals surface area contributed by atoms with Crippen LogP contribution in [-0.4, -0.2) is 36.6 Å². The molecule has 1 unspecified atom stereocenters. The second-order valence-corrected chi connectivity index (χ2v) is 5.72. The summed E-state index contributed by atoms with van der Waals surface area (Å²) in [5.41, 5.74) is 0. The van der Waals surface area contributed by atoms with Gasteiger partial charge in [0.15, 0.2) is 5.78 Å². The number of amides is 1. The quantitative estimate of drug-likeness (QED) is 0.250. The summed E-state index contributed by atoms with van der Waals surface area (Å²) in [4.78, 5) is 34.1. The van der Waals surface area contributed by atoms with Gasteiger partial charge in [0.05, 0.1) is 7.11 Å². The van der Waals surface area contributed by atoms with E-state index < -0.39 is 11.2 Å². The van der Waals surface area contributed by atoms with Crippen molar-refractivity contribution in [3.63, 3.8) is 0 Å². The fourth-order valence-electron chi connectivity index (χ4n) is 1.82. The van der Waals surface area contributed by atoms with Crippen LogP contribution in [-0.2, 0) is 19.1 Å². The number of ketones is 1. The second-order valence-electron chi connectivity index (χ2n) is 5.10. The van der Waals surface area contributed by atoms with E-state index in [2.05, 4.69) is 29.6 Å². The van der Waals surface area contributed by atoms with E-state index in [1.807, 2.05) is 0 Å². The highest BCUT2D eigenvalue weighted by atomic mass is 32.1. The van der Waals surface area contributed by atoms with E-state index in [9.17, 15) is 14.4 Å². The highest BCUT2D eigenvalue weighted by molar-refractivity contribution is 7.81. The van der Waals surface area contributed by atoms with E-state index in [-0.39, 0.29) is 18.1 Å². The normalized spacial score (nSPS) is 12.1. The number of methoxy groups -OCH3 is 1. The number of hydrogen-bond donors (Lipinski definition) is 2. The third kappa shape index (κ3) is 11.4. The van der Waals surface area contributed by atoms with Gasteiger partial charge in [0.2, 0.25) is 5.91 Å². The molecule has 0 saturated carbocycles. The molecule has 0 aliphatic carbocycles. The second kappa shape index (κ2) is 13.4. The number of carbonyl (C=O) groups is 3. The lowest BCUT2D eigenvalue weighted by molar-refractivity contribution is -0.140. The number of esters is 1. The lowest BCUT2D eigenvalue weighted by atomic mass is 10.1. The van der Waals surface area contributed by atoms with Crippen LogP contribution in [0.1, 0.15) is 51.9 Å². The van der Waals surface area contributed by atoms with Gasteiger partial charge in [0, 0.05) is 19.0 Å². The molecule has 5 nitrogen and oxygen atoms in total. The maximum atomic E-state index is 11.5. The Morgan fingerprint density at radius 3 is 2.36 bits per heavy atom. The Balaban J connectivity index is 3.77. The topological polar surface area (TPSA) is 72.5 Å². The molecule has 1 N–H and O–H groups in total. The van der Waals surface area contributed by atoms with Gasteiger partial charge in [-0.25, -0.2) is 0 Å². The van der Waals surface area contributed by atoms with Crippen molar-refractivity contribution in [2.75, 3.05) is 13.7 Å². The smallest absolute Gasteiger partial charge is 0.318 e. The Bertz CT molecular complexity index is 382. The van der Waals surface area contributed by atoms with Gasteiger partial charge in [0.25, 0.3) is 0 Å². The van der Waals surface area contributed by atoms with E-state index in [0.29, 0.717) is 6.54 Å². The van der Waals surface area contributed by atoms with Crippen molar-refractivity contribution >= 4 is 30.3 Å². The monoisotopic (exact) mass is 329 g/mol. The Labute approximate surface area is 138 Å². The number of hydrogen-bond acceptors (Lipinski definition) is 5. The number of thiol groups is 1. The van der Waals surface area contributed by atoms with Crippen LogP contribution in [0.2, 0.25) is 0 Å². The highest BCUT2D eigenvalue weighted by Crippen LogP contribution is 2.05. The summed E-state index contributed by atoms with van der Waals surface area (Å²) >= 11 is 3.96. The fraction of sp³-hybridized carbons (Fsp3) is 0.688. The molecule has 0 spiro atoms. The molecule has 0 saturated heterocycles. The highest BCUT2D eigenvalue weighted by Gasteiger charge is 2.16.